The average Bonchev–Trinajstić information content (AvgIpc) is 3.09. The molecule has 0 spiro atoms. The number of nitrogens with zero attached hydrogens (tertiary/aromatic N) is 1. The number of nitrogen functional groups attached to an aromatic ring is 1. The summed E-state index contributed by atoms with van der Waals surface area (Å²) < 4.78 is 16.2. The maximum Gasteiger partial charge on any atom is 0.231 e. The molecule has 2 aromatic rings. The van der Waals surface area contributed by atoms with Crippen LogP contribution in [-0.4, -0.2) is 33.8 Å². The van der Waals surface area contributed by atoms with E-state index in [4.69, 9.17) is 19.9 Å². The summed E-state index contributed by atoms with van der Waals surface area (Å²) in [5.41, 5.74) is 9.40. The minimum atomic E-state index is -0.0651. The molecule has 0 radical (unpaired) electrons. The Morgan fingerprint density at radius 3 is 2.69 bits per heavy atom. The largest absolute Gasteiger partial charge is 0.493 e. The zero-order valence-electron chi connectivity index (χ0n) is 15.3. The molecule has 0 aromatic heterocycles. The predicted octanol–water partition coefficient (Wildman–Crippen LogP) is 3.36. The number of methoxy groups -OCH3 is 1. The quantitative estimate of drug-likeness (QED) is 0.504. The standard InChI is InChI=1S/C20H22N2O4/c1-12(19(23)14-5-6-15(21)16(10-14)22(2)3)7-13-8-17(24-4)20-18(9-13)25-11-26-20/h5-10H,11,21H2,1-4H3. The number of benzene rings is 2. The molecular formula is C20H22N2O4. The molecule has 0 bridgehead atoms. The van der Waals surface area contributed by atoms with Gasteiger partial charge in [-0.25, -0.2) is 0 Å². The Morgan fingerprint density at radius 2 is 2.00 bits per heavy atom. The third-order valence-corrected chi connectivity index (χ3v) is 4.20. The third-order valence-electron chi connectivity index (χ3n) is 4.20. The molecule has 0 unspecified atom stereocenters. The van der Waals surface area contributed by atoms with Crippen LogP contribution in [0.3, 0.4) is 0 Å². The zero-order chi connectivity index (χ0) is 18.8. The topological polar surface area (TPSA) is 74.0 Å². The number of ether oxygens (including phenoxy) is 3. The highest BCUT2D eigenvalue weighted by atomic mass is 16.7. The van der Waals surface area contributed by atoms with Gasteiger partial charge in [0.15, 0.2) is 17.3 Å². The van der Waals surface area contributed by atoms with Crippen molar-refractivity contribution < 1.29 is 19.0 Å². The second-order valence-corrected chi connectivity index (χ2v) is 6.28. The van der Waals surface area contributed by atoms with Crippen molar-refractivity contribution >= 4 is 23.2 Å². The van der Waals surface area contributed by atoms with E-state index in [-0.39, 0.29) is 12.6 Å². The molecule has 1 heterocycles. The lowest BCUT2D eigenvalue weighted by Crippen LogP contribution is -2.12. The summed E-state index contributed by atoms with van der Waals surface area (Å²) in [5.74, 6) is 1.71. The molecule has 1 aliphatic heterocycles. The molecule has 0 saturated carbocycles. The van der Waals surface area contributed by atoms with Gasteiger partial charge in [0.1, 0.15) is 0 Å². The molecule has 136 valence electrons. The predicted molar refractivity (Wildman–Crippen MR) is 102 cm³/mol. The number of nitrogens with two attached hydrogens (primary N) is 1. The van der Waals surface area contributed by atoms with E-state index in [1.54, 1.807) is 38.3 Å². The monoisotopic (exact) mass is 354 g/mol. The highest BCUT2D eigenvalue weighted by Crippen LogP contribution is 2.42. The summed E-state index contributed by atoms with van der Waals surface area (Å²) in [5, 5.41) is 0. The highest BCUT2D eigenvalue weighted by Gasteiger charge is 2.20. The number of anilines is 2. The molecular weight excluding hydrogens is 332 g/mol. The van der Waals surface area contributed by atoms with Crippen molar-refractivity contribution in [3.05, 3.63) is 47.0 Å². The fourth-order valence-electron chi connectivity index (χ4n) is 2.85. The third kappa shape index (κ3) is 3.31. The lowest BCUT2D eigenvalue weighted by Gasteiger charge is -2.16. The van der Waals surface area contributed by atoms with Crippen molar-refractivity contribution in [3.8, 4) is 17.2 Å². The lowest BCUT2D eigenvalue weighted by molar-refractivity contribution is 0.103. The molecule has 26 heavy (non-hydrogen) atoms. The van der Waals surface area contributed by atoms with Gasteiger partial charge >= 0.3 is 0 Å². The molecule has 0 fully saturated rings. The molecule has 1 aliphatic rings. The Hall–Kier alpha value is -3.15. The summed E-state index contributed by atoms with van der Waals surface area (Å²) in [6.45, 7) is 1.95. The van der Waals surface area contributed by atoms with Crippen molar-refractivity contribution in [2.24, 2.45) is 0 Å². The van der Waals surface area contributed by atoms with E-state index in [1.807, 2.05) is 31.1 Å². The van der Waals surface area contributed by atoms with E-state index in [0.29, 0.717) is 34.1 Å². The number of allylic oxidation sites excluding steroid dienone is 1. The van der Waals surface area contributed by atoms with E-state index < -0.39 is 0 Å². The number of fused-ring (bicyclic) bond motifs is 1. The Morgan fingerprint density at radius 1 is 1.23 bits per heavy atom. The first-order valence-electron chi connectivity index (χ1n) is 8.18. The van der Waals surface area contributed by atoms with Gasteiger partial charge in [0.05, 0.1) is 18.5 Å². The first-order valence-corrected chi connectivity index (χ1v) is 8.18. The van der Waals surface area contributed by atoms with Crippen molar-refractivity contribution in [3.63, 3.8) is 0 Å². The van der Waals surface area contributed by atoms with Crippen LogP contribution < -0.4 is 24.8 Å². The van der Waals surface area contributed by atoms with Crippen LogP contribution in [0.15, 0.2) is 35.9 Å². The first-order chi connectivity index (χ1) is 12.4. The molecule has 6 nitrogen and oxygen atoms in total. The lowest BCUT2D eigenvalue weighted by atomic mass is 10.0. The van der Waals surface area contributed by atoms with E-state index in [1.165, 1.54) is 0 Å². The van der Waals surface area contributed by atoms with Gasteiger partial charge in [0.2, 0.25) is 12.5 Å². The van der Waals surface area contributed by atoms with Gasteiger partial charge in [-0.15, -0.1) is 0 Å². The maximum atomic E-state index is 12.8. The van der Waals surface area contributed by atoms with Crippen molar-refractivity contribution in [2.45, 2.75) is 6.92 Å². The molecule has 0 saturated heterocycles. The van der Waals surface area contributed by atoms with Gasteiger partial charge in [-0.05, 0) is 54.5 Å². The number of hydrogen-bond donors (Lipinski definition) is 1. The zero-order valence-corrected chi connectivity index (χ0v) is 15.3. The molecule has 2 N–H and O–H groups in total. The highest BCUT2D eigenvalue weighted by molar-refractivity contribution is 6.11. The molecule has 3 rings (SSSR count). The second-order valence-electron chi connectivity index (χ2n) is 6.28. The number of Topliss-reactive ketones (excluding diaryl/α,β-unsaturated/α-hetero) is 1. The number of carbonyl (C=O) groups excluding carboxylic acids is 1. The number of ketones is 1. The Kier molecular flexibility index (Phi) is 4.75. The van der Waals surface area contributed by atoms with Gasteiger partial charge in [0.25, 0.3) is 0 Å². The van der Waals surface area contributed by atoms with Crippen LogP contribution in [0.2, 0.25) is 0 Å². The van der Waals surface area contributed by atoms with Gasteiger partial charge < -0.3 is 24.8 Å². The normalized spacial score (nSPS) is 12.8. The van der Waals surface area contributed by atoms with Crippen LogP contribution in [0.5, 0.6) is 17.2 Å². The van der Waals surface area contributed by atoms with Crippen molar-refractivity contribution in [2.75, 3.05) is 38.6 Å². The van der Waals surface area contributed by atoms with Crippen LogP contribution >= 0.6 is 0 Å². The minimum Gasteiger partial charge on any atom is -0.493 e. The van der Waals surface area contributed by atoms with E-state index in [9.17, 15) is 4.79 Å². The Bertz CT molecular complexity index is 888. The van der Waals surface area contributed by atoms with Gasteiger partial charge in [0, 0.05) is 19.7 Å². The van der Waals surface area contributed by atoms with E-state index in [2.05, 4.69) is 0 Å². The van der Waals surface area contributed by atoms with Gasteiger partial charge in [-0.1, -0.05) is 0 Å². The minimum absolute atomic E-state index is 0.0651. The van der Waals surface area contributed by atoms with Gasteiger partial charge in [-0.3, -0.25) is 4.79 Å². The van der Waals surface area contributed by atoms with Crippen molar-refractivity contribution in [1.29, 1.82) is 0 Å². The molecule has 0 aliphatic carbocycles. The molecule has 0 atom stereocenters. The van der Waals surface area contributed by atoms with Crippen LogP contribution in [0.25, 0.3) is 6.08 Å². The fraction of sp³-hybridized carbons (Fsp3) is 0.250. The summed E-state index contributed by atoms with van der Waals surface area (Å²) in [4.78, 5) is 14.7. The SMILES string of the molecule is COc1cc(C=C(C)C(=O)c2ccc(N)c(N(C)C)c2)cc2c1OCO2. The smallest absolute Gasteiger partial charge is 0.231 e. The fourth-order valence-corrected chi connectivity index (χ4v) is 2.85. The van der Waals surface area contributed by atoms with Gasteiger partial charge in [-0.2, -0.15) is 0 Å². The van der Waals surface area contributed by atoms with E-state index >= 15 is 0 Å². The summed E-state index contributed by atoms with van der Waals surface area (Å²) >= 11 is 0. The van der Waals surface area contributed by atoms with Crippen LogP contribution in [0.1, 0.15) is 22.8 Å². The van der Waals surface area contributed by atoms with Crippen molar-refractivity contribution in [1.82, 2.24) is 0 Å². The maximum absolute atomic E-state index is 12.8. The van der Waals surface area contributed by atoms with Crippen LogP contribution in [-0.2, 0) is 0 Å². The first kappa shape index (κ1) is 17.7. The number of rotatable bonds is 5. The second kappa shape index (κ2) is 7.00. The van der Waals surface area contributed by atoms with E-state index in [0.717, 1.165) is 11.3 Å². The summed E-state index contributed by atoms with van der Waals surface area (Å²) in [7, 11) is 5.35. The molecule has 2 aromatic carbocycles. The van der Waals surface area contributed by atoms with Crippen LogP contribution in [0, 0.1) is 0 Å². The number of hydrogen-bond acceptors (Lipinski definition) is 6. The Labute approximate surface area is 152 Å². The molecule has 6 heteroatoms. The average molecular weight is 354 g/mol. The summed E-state index contributed by atoms with van der Waals surface area (Å²) in [6.07, 6.45) is 1.80. The molecule has 0 amide bonds. The number of carbonyl (C=O) groups is 1. The summed E-state index contributed by atoms with van der Waals surface area (Å²) in [6, 6.07) is 8.94. The Balaban J connectivity index is 1.93. The van der Waals surface area contributed by atoms with Crippen LogP contribution in [0.4, 0.5) is 11.4 Å².